The molecular weight excluding hydrogens is 365 g/mol. The van der Waals surface area contributed by atoms with E-state index in [9.17, 15) is 4.39 Å². The minimum atomic E-state index is -0.284. The standard InChI is InChI=1S/C24H24FN3O/c1-16(2)28-17(3)7-14-22(28)24-26-23(27-29-24)20-12-10-18(11-13-20)8-9-19-5-4-6-21(25)15-19/h4-6,10-13,15-17,22H,7,14H2,1-3H3/t17-,22?/m1/s1. The van der Waals surface area contributed by atoms with Gasteiger partial charge in [-0.05, 0) is 76.1 Å². The molecule has 1 saturated heterocycles. The predicted octanol–water partition coefficient (Wildman–Crippen LogP) is 5.21. The van der Waals surface area contributed by atoms with E-state index in [1.165, 1.54) is 12.1 Å². The van der Waals surface area contributed by atoms with Gasteiger partial charge in [-0.25, -0.2) is 4.39 Å². The molecule has 29 heavy (non-hydrogen) atoms. The second-order valence-electron chi connectivity index (χ2n) is 7.78. The lowest BCUT2D eigenvalue weighted by Gasteiger charge is -2.29. The van der Waals surface area contributed by atoms with E-state index in [-0.39, 0.29) is 11.9 Å². The third-order valence-corrected chi connectivity index (χ3v) is 5.37. The van der Waals surface area contributed by atoms with Crippen LogP contribution in [0, 0.1) is 17.7 Å². The normalized spacial score (nSPS) is 19.3. The van der Waals surface area contributed by atoms with Crippen molar-refractivity contribution in [3.63, 3.8) is 0 Å². The number of benzene rings is 2. The molecular formula is C24H24FN3O. The fraction of sp³-hybridized carbons (Fsp3) is 0.333. The maximum Gasteiger partial charge on any atom is 0.244 e. The molecule has 0 bridgehead atoms. The van der Waals surface area contributed by atoms with Gasteiger partial charge in [0.1, 0.15) is 5.82 Å². The average molecular weight is 389 g/mol. The zero-order valence-electron chi connectivity index (χ0n) is 16.9. The lowest BCUT2D eigenvalue weighted by Crippen LogP contribution is -2.35. The molecule has 148 valence electrons. The highest BCUT2D eigenvalue weighted by Crippen LogP contribution is 2.37. The molecule has 4 nitrogen and oxygen atoms in total. The Morgan fingerprint density at radius 1 is 1.07 bits per heavy atom. The van der Waals surface area contributed by atoms with E-state index >= 15 is 0 Å². The summed E-state index contributed by atoms with van der Waals surface area (Å²) in [5.41, 5.74) is 2.38. The van der Waals surface area contributed by atoms with E-state index in [1.54, 1.807) is 12.1 Å². The molecule has 1 aromatic heterocycles. The second-order valence-corrected chi connectivity index (χ2v) is 7.78. The number of aromatic nitrogens is 2. The van der Waals surface area contributed by atoms with Crippen molar-refractivity contribution in [2.45, 2.75) is 51.7 Å². The van der Waals surface area contributed by atoms with E-state index in [2.05, 4.69) is 47.7 Å². The minimum absolute atomic E-state index is 0.183. The minimum Gasteiger partial charge on any atom is -0.337 e. The Hall–Kier alpha value is -2.97. The van der Waals surface area contributed by atoms with E-state index in [1.807, 2.05) is 24.3 Å². The van der Waals surface area contributed by atoms with E-state index < -0.39 is 0 Å². The van der Waals surface area contributed by atoms with Gasteiger partial charge in [0.05, 0.1) is 6.04 Å². The van der Waals surface area contributed by atoms with Crippen molar-refractivity contribution in [2.75, 3.05) is 0 Å². The van der Waals surface area contributed by atoms with Crippen LogP contribution in [-0.2, 0) is 0 Å². The molecule has 1 aliphatic heterocycles. The third-order valence-electron chi connectivity index (χ3n) is 5.37. The highest BCUT2D eigenvalue weighted by atomic mass is 19.1. The van der Waals surface area contributed by atoms with Gasteiger partial charge in [0.25, 0.3) is 0 Å². The van der Waals surface area contributed by atoms with Crippen molar-refractivity contribution in [2.24, 2.45) is 0 Å². The van der Waals surface area contributed by atoms with Gasteiger partial charge in [0.2, 0.25) is 11.7 Å². The summed E-state index contributed by atoms with van der Waals surface area (Å²) < 4.78 is 18.9. The van der Waals surface area contributed by atoms with Crippen LogP contribution in [0.4, 0.5) is 4.39 Å². The van der Waals surface area contributed by atoms with Crippen LogP contribution in [0.1, 0.15) is 56.7 Å². The van der Waals surface area contributed by atoms with Crippen molar-refractivity contribution in [1.82, 2.24) is 15.0 Å². The first-order valence-corrected chi connectivity index (χ1v) is 10.0. The zero-order valence-corrected chi connectivity index (χ0v) is 16.9. The Kier molecular flexibility index (Phi) is 5.46. The van der Waals surface area contributed by atoms with Crippen molar-refractivity contribution in [3.05, 3.63) is 71.4 Å². The molecule has 0 N–H and O–H groups in total. The van der Waals surface area contributed by atoms with Gasteiger partial charge in [0.15, 0.2) is 0 Å². The zero-order chi connectivity index (χ0) is 20.4. The molecule has 2 aromatic carbocycles. The van der Waals surface area contributed by atoms with Crippen LogP contribution < -0.4 is 0 Å². The van der Waals surface area contributed by atoms with E-state index in [4.69, 9.17) is 4.52 Å². The van der Waals surface area contributed by atoms with Gasteiger partial charge < -0.3 is 4.52 Å². The summed E-state index contributed by atoms with van der Waals surface area (Å²) in [4.78, 5) is 7.11. The van der Waals surface area contributed by atoms with Crippen molar-refractivity contribution in [3.8, 4) is 23.2 Å². The maximum absolute atomic E-state index is 13.2. The first kappa shape index (κ1) is 19.4. The van der Waals surface area contributed by atoms with Gasteiger partial charge >= 0.3 is 0 Å². The van der Waals surface area contributed by atoms with E-state index in [0.29, 0.717) is 29.4 Å². The topological polar surface area (TPSA) is 42.2 Å². The highest BCUT2D eigenvalue weighted by molar-refractivity contribution is 5.56. The van der Waals surface area contributed by atoms with Crippen LogP contribution in [0.5, 0.6) is 0 Å². The maximum atomic E-state index is 13.2. The van der Waals surface area contributed by atoms with Crippen molar-refractivity contribution in [1.29, 1.82) is 0 Å². The van der Waals surface area contributed by atoms with Gasteiger partial charge in [-0.15, -0.1) is 0 Å². The molecule has 1 fully saturated rings. The summed E-state index contributed by atoms with van der Waals surface area (Å²) in [6.45, 7) is 6.66. The molecule has 1 aliphatic rings. The van der Waals surface area contributed by atoms with Crippen LogP contribution >= 0.6 is 0 Å². The first-order chi connectivity index (χ1) is 14.0. The van der Waals surface area contributed by atoms with Crippen molar-refractivity contribution < 1.29 is 8.91 Å². The number of hydrogen-bond acceptors (Lipinski definition) is 4. The largest absolute Gasteiger partial charge is 0.337 e. The lowest BCUT2D eigenvalue weighted by atomic mass is 10.1. The summed E-state index contributed by atoms with van der Waals surface area (Å²) in [6, 6.07) is 15.1. The summed E-state index contributed by atoms with van der Waals surface area (Å²) in [5.74, 6) is 7.02. The lowest BCUT2D eigenvalue weighted by molar-refractivity contribution is 0.132. The summed E-state index contributed by atoms with van der Waals surface area (Å²) >= 11 is 0. The molecule has 0 saturated carbocycles. The van der Waals surface area contributed by atoms with Crippen LogP contribution in [0.15, 0.2) is 53.1 Å². The molecule has 3 aromatic rings. The Bertz CT molecular complexity index is 1050. The van der Waals surface area contributed by atoms with Crippen molar-refractivity contribution >= 4 is 0 Å². The van der Waals surface area contributed by atoms with Gasteiger partial charge in [-0.2, -0.15) is 4.98 Å². The molecule has 0 aliphatic carbocycles. The molecule has 5 heteroatoms. The first-order valence-electron chi connectivity index (χ1n) is 10.0. The molecule has 4 rings (SSSR count). The van der Waals surface area contributed by atoms with Gasteiger partial charge in [-0.3, -0.25) is 4.90 Å². The van der Waals surface area contributed by atoms with Crippen LogP contribution in [0.2, 0.25) is 0 Å². The summed E-state index contributed by atoms with van der Waals surface area (Å²) in [5, 5.41) is 4.19. The number of likely N-dealkylation sites (tertiary alicyclic amines) is 1. The Morgan fingerprint density at radius 3 is 2.55 bits per heavy atom. The van der Waals surface area contributed by atoms with Crippen LogP contribution in [0.3, 0.4) is 0 Å². The molecule has 0 spiro atoms. The average Bonchev–Trinajstić information content (AvgIpc) is 3.33. The summed E-state index contributed by atoms with van der Waals surface area (Å²) in [6.07, 6.45) is 2.18. The second kappa shape index (κ2) is 8.18. The molecule has 2 atom stereocenters. The van der Waals surface area contributed by atoms with Gasteiger partial charge in [-0.1, -0.05) is 23.1 Å². The Labute approximate surface area is 170 Å². The Morgan fingerprint density at radius 2 is 1.83 bits per heavy atom. The van der Waals surface area contributed by atoms with E-state index in [0.717, 1.165) is 24.0 Å². The quantitative estimate of drug-likeness (QED) is 0.577. The predicted molar refractivity (Wildman–Crippen MR) is 111 cm³/mol. The monoisotopic (exact) mass is 389 g/mol. The smallest absolute Gasteiger partial charge is 0.244 e. The number of nitrogens with zero attached hydrogens (tertiary/aromatic N) is 3. The molecule has 2 heterocycles. The fourth-order valence-corrected chi connectivity index (χ4v) is 4.03. The number of rotatable bonds is 3. The Balaban J connectivity index is 1.51. The van der Waals surface area contributed by atoms with Crippen LogP contribution in [-0.4, -0.2) is 27.1 Å². The number of halogens is 1. The molecule has 0 amide bonds. The molecule has 0 radical (unpaired) electrons. The number of hydrogen-bond donors (Lipinski definition) is 0. The third kappa shape index (κ3) is 4.23. The van der Waals surface area contributed by atoms with Crippen LogP contribution in [0.25, 0.3) is 11.4 Å². The summed E-state index contributed by atoms with van der Waals surface area (Å²) in [7, 11) is 0. The SMILES string of the molecule is CC(C)N1C(c2nc(-c3ccc(C#Cc4cccc(F)c4)cc3)no2)CC[C@H]1C. The molecule has 1 unspecified atom stereocenters. The highest BCUT2D eigenvalue weighted by Gasteiger charge is 2.36. The fourth-order valence-electron chi connectivity index (χ4n) is 4.03. The van der Waals surface area contributed by atoms with Gasteiger partial charge in [0, 0.05) is 28.8 Å².